The van der Waals surface area contributed by atoms with E-state index in [-0.39, 0.29) is 0 Å². The molecule has 4 heteroatoms. The van der Waals surface area contributed by atoms with Crippen LogP contribution in [0.1, 0.15) is 19.4 Å². The summed E-state index contributed by atoms with van der Waals surface area (Å²) in [6, 6.07) is 8.21. The second kappa shape index (κ2) is 6.16. The van der Waals surface area contributed by atoms with Gasteiger partial charge in [0.25, 0.3) is 6.61 Å². The van der Waals surface area contributed by atoms with Crippen molar-refractivity contribution in [2.45, 2.75) is 20.3 Å². The van der Waals surface area contributed by atoms with Crippen LogP contribution in [0, 0.1) is 0 Å². The minimum Gasteiger partial charge on any atom is -0.497 e. The minimum atomic E-state index is 0.724. The third kappa shape index (κ3) is 2.65. The molecule has 1 aromatic carbocycles. The number of methoxy groups -OCH3 is 1. The predicted octanol–water partition coefficient (Wildman–Crippen LogP) is 3.96. The molecule has 0 spiro atoms. The molecule has 18 heavy (non-hydrogen) atoms. The van der Waals surface area contributed by atoms with E-state index in [4.69, 9.17) is 9.16 Å². The van der Waals surface area contributed by atoms with Gasteiger partial charge in [0.05, 0.1) is 17.6 Å². The second-order valence-corrected chi connectivity index (χ2v) is 5.89. The van der Waals surface area contributed by atoms with Gasteiger partial charge in [-0.05, 0) is 36.2 Å². The second-order valence-electron chi connectivity index (χ2n) is 3.78. The van der Waals surface area contributed by atoms with Gasteiger partial charge in [-0.1, -0.05) is 17.3 Å². The molecule has 0 unspecified atom stereocenters. The van der Waals surface area contributed by atoms with Gasteiger partial charge in [-0.3, -0.25) is 0 Å². The van der Waals surface area contributed by atoms with E-state index in [1.165, 1.54) is 16.0 Å². The Morgan fingerprint density at radius 1 is 1.11 bits per heavy atom. The Morgan fingerprint density at radius 2 is 1.83 bits per heavy atom. The number of benzene rings is 1. The van der Waals surface area contributed by atoms with Crippen molar-refractivity contribution in [2.24, 2.45) is 0 Å². The zero-order chi connectivity index (χ0) is 13.0. The van der Waals surface area contributed by atoms with E-state index in [0.717, 1.165) is 23.5 Å². The lowest BCUT2D eigenvalue weighted by Crippen LogP contribution is -2.02. The topological polar surface area (TPSA) is 20.5 Å². The summed E-state index contributed by atoms with van der Waals surface area (Å²) in [5.74, 6) is 0.891. The summed E-state index contributed by atoms with van der Waals surface area (Å²) in [7, 11) is 5.19. The first-order chi connectivity index (χ1) is 8.80. The van der Waals surface area contributed by atoms with Crippen molar-refractivity contribution in [1.82, 2.24) is 0 Å². The van der Waals surface area contributed by atoms with Gasteiger partial charge in [-0.2, -0.15) is 0 Å². The molecule has 96 valence electrons. The standard InChI is InChI=1S/C14H17O2S2/c1-4-12-13(17-18-14(12)16-5-2)10-6-8-11(15-3)9-7-10/h6-9H,4-5H2,1-3H3/q+1. The van der Waals surface area contributed by atoms with Gasteiger partial charge >= 0.3 is 4.74 Å². The van der Waals surface area contributed by atoms with Crippen molar-refractivity contribution in [2.75, 3.05) is 13.7 Å². The molecular formula is C14H17O2S2+. The molecular weight excluding hydrogens is 264 g/mol. The molecule has 0 saturated carbocycles. The van der Waals surface area contributed by atoms with Crippen LogP contribution in [-0.4, -0.2) is 13.7 Å². The van der Waals surface area contributed by atoms with E-state index in [0.29, 0.717) is 0 Å². The van der Waals surface area contributed by atoms with Crippen LogP contribution < -0.4 is 9.48 Å². The molecule has 0 aliphatic rings. The highest BCUT2D eigenvalue weighted by Crippen LogP contribution is 2.31. The van der Waals surface area contributed by atoms with Gasteiger partial charge in [-0.15, -0.1) is 0 Å². The van der Waals surface area contributed by atoms with Crippen molar-refractivity contribution in [3.05, 3.63) is 39.0 Å². The Labute approximate surface area is 115 Å². The summed E-state index contributed by atoms with van der Waals surface area (Å²) in [4.78, 5) is 1.31. The highest BCUT2D eigenvalue weighted by Gasteiger charge is 2.16. The number of hydrogen-bond acceptors (Lipinski definition) is 3. The van der Waals surface area contributed by atoms with Crippen LogP contribution >= 0.6 is 20.7 Å². The highest BCUT2D eigenvalue weighted by atomic mass is 32.9. The predicted molar refractivity (Wildman–Crippen MR) is 80.4 cm³/mol. The molecule has 0 N–H and O–H groups in total. The number of ether oxygens (including phenoxy) is 1. The molecule has 0 amide bonds. The molecule has 0 radical (unpaired) electrons. The molecule has 0 fully saturated rings. The van der Waals surface area contributed by atoms with Crippen LogP contribution in [-0.2, 0) is 6.42 Å². The van der Waals surface area contributed by atoms with Gasteiger partial charge in [-0.25, -0.2) is 4.42 Å². The fraction of sp³-hybridized carbons (Fsp3) is 0.357. The first-order valence-electron chi connectivity index (χ1n) is 6.02. The highest BCUT2D eigenvalue weighted by molar-refractivity contribution is 7.69. The van der Waals surface area contributed by atoms with Crippen molar-refractivity contribution in [1.29, 1.82) is 0 Å². The van der Waals surface area contributed by atoms with Crippen LogP contribution in [0.4, 0.5) is 0 Å². The maximum atomic E-state index is 5.68. The molecule has 0 saturated heterocycles. The lowest BCUT2D eigenvalue weighted by molar-refractivity contribution is 0.415. The average molecular weight is 281 g/mol. The van der Waals surface area contributed by atoms with E-state index in [9.17, 15) is 0 Å². The van der Waals surface area contributed by atoms with E-state index in [1.54, 1.807) is 27.8 Å². The quantitative estimate of drug-likeness (QED) is 0.613. The minimum absolute atomic E-state index is 0.724. The Hall–Kier alpha value is -1.13. The average Bonchev–Trinajstić information content (AvgIpc) is 2.82. The van der Waals surface area contributed by atoms with Crippen LogP contribution in [0.3, 0.4) is 0 Å². The van der Waals surface area contributed by atoms with Crippen molar-refractivity contribution in [3.63, 3.8) is 0 Å². The summed E-state index contributed by atoms with van der Waals surface area (Å²) in [6.07, 6.45) is 0.997. The zero-order valence-electron chi connectivity index (χ0n) is 10.9. The van der Waals surface area contributed by atoms with Gasteiger partial charge < -0.3 is 4.74 Å². The SMILES string of the molecule is CC[O+]=c1ssc(-c2ccc(OC)cc2)c1CC. The molecule has 0 atom stereocenters. The summed E-state index contributed by atoms with van der Waals surface area (Å²) < 4.78 is 11.9. The first-order valence-corrected chi connectivity index (χ1v) is 8.17. The zero-order valence-corrected chi connectivity index (χ0v) is 12.5. The normalized spacial score (nSPS) is 11.8. The molecule has 0 aliphatic carbocycles. The lowest BCUT2D eigenvalue weighted by Gasteiger charge is -2.02. The summed E-state index contributed by atoms with van der Waals surface area (Å²) >= 11 is 0. The fourth-order valence-corrected chi connectivity index (χ4v) is 4.60. The van der Waals surface area contributed by atoms with Crippen LogP contribution in [0.15, 0.2) is 28.7 Å². The smallest absolute Gasteiger partial charge is 0.415 e. The Balaban J connectivity index is 2.46. The largest absolute Gasteiger partial charge is 0.497 e. The van der Waals surface area contributed by atoms with Crippen LogP contribution in [0.2, 0.25) is 0 Å². The van der Waals surface area contributed by atoms with Gasteiger partial charge in [0.1, 0.15) is 5.75 Å². The van der Waals surface area contributed by atoms with Crippen LogP contribution in [0.5, 0.6) is 5.75 Å². The summed E-state index contributed by atoms with van der Waals surface area (Å²) in [6.45, 7) is 4.92. The Morgan fingerprint density at radius 3 is 2.39 bits per heavy atom. The fourth-order valence-electron chi connectivity index (χ4n) is 1.78. The van der Waals surface area contributed by atoms with E-state index < -0.39 is 0 Å². The first kappa shape index (κ1) is 13.3. The molecule has 1 heterocycles. The molecule has 0 bridgehead atoms. The molecule has 2 nitrogen and oxygen atoms in total. The van der Waals surface area contributed by atoms with Crippen LogP contribution in [0.25, 0.3) is 10.4 Å². The summed E-state index contributed by atoms with van der Waals surface area (Å²) in [5.41, 5.74) is 2.55. The monoisotopic (exact) mass is 281 g/mol. The van der Waals surface area contributed by atoms with Crippen molar-refractivity contribution >= 4 is 20.7 Å². The number of hydrogen-bond donors (Lipinski definition) is 0. The van der Waals surface area contributed by atoms with Gasteiger partial charge in [0.2, 0.25) is 0 Å². The molecule has 1 aromatic heterocycles. The maximum absolute atomic E-state index is 5.68. The molecule has 2 rings (SSSR count). The number of rotatable bonds is 4. The molecule has 2 aromatic rings. The van der Waals surface area contributed by atoms with E-state index >= 15 is 0 Å². The van der Waals surface area contributed by atoms with E-state index in [1.807, 2.05) is 19.1 Å². The lowest BCUT2D eigenvalue weighted by atomic mass is 10.1. The Kier molecular flexibility index (Phi) is 4.55. The van der Waals surface area contributed by atoms with Crippen molar-refractivity contribution in [3.8, 4) is 16.2 Å². The summed E-state index contributed by atoms with van der Waals surface area (Å²) in [5, 5.41) is 0. The molecule has 0 aliphatic heterocycles. The van der Waals surface area contributed by atoms with Gasteiger partial charge in [0.15, 0.2) is 0 Å². The Bertz CT molecular complexity index is 564. The van der Waals surface area contributed by atoms with Gasteiger partial charge in [0, 0.05) is 17.3 Å². The third-order valence-corrected chi connectivity index (χ3v) is 5.15. The maximum Gasteiger partial charge on any atom is 0.415 e. The van der Waals surface area contributed by atoms with Crippen molar-refractivity contribution < 1.29 is 4.74 Å². The third-order valence-electron chi connectivity index (χ3n) is 2.70. The van der Waals surface area contributed by atoms with E-state index in [2.05, 4.69) is 19.1 Å².